The summed E-state index contributed by atoms with van der Waals surface area (Å²) in [5.74, 6) is -2.23. The number of aromatic hydroxyl groups is 1. The van der Waals surface area contributed by atoms with Crippen molar-refractivity contribution in [3.05, 3.63) is 99.6 Å². The molecule has 0 saturated carbocycles. The molecule has 3 aromatic rings. The minimum absolute atomic E-state index is 0.00457. The average Bonchev–Trinajstić information content (AvgIpc) is 3.14. The average molecular weight is 508 g/mol. The number of halogens is 1. The molecule has 1 amide bonds. The largest absolute Gasteiger partial charge is 0.508 e. The molecule has 4 rings (SSSR count). The molecule has 1 aliphatic heterocycles. The normalized spacial score (nSPS) is 16.8. The van der Waals surface area contributed by atoms with Gasteiger partial charge in [-0.1, -0.05) is 35.9 Å². The summed E-state index contributed by atoms with van der Waals surface area (Å²) in [6.45, 7) is 0.0141. The lowest BCUT2D eigenvalue weighted by Gasteiger charge is -2.25. The Morgan fingerprint density at radius 2 is 1.67 bits per heavy atom. The van der Waals surface area contributed by atoms with Crippen molar-refractivity contribution in [1.29, 1.82) is 0 Å². The number of phenolic OH excluding ortho intramolecular Hbond substituents is 1. The molecular weight excluding hydrogens is 486 g/mol. The van der Waals surface area contributed by atoms with E-state index < -0.39 is 29.5 Å². The summed E-state index contributed by atoms with van der Waals surface area (Å²) >= 11 is 6.31. The van der Waals surface area contributed by atoms with E-state index in [-0.39, 0.29) is 28.5 Å². The number of ether oxygens (including phenoxy) is 2. The molecule has 1 aliphatic rings. The predicted molar refractivity (Wildman–Crippen MR) is 132 cm³/mol. The third-order valence-electron chi connectivity index (χ3n) is 5.91. The summed E-state index contributed by atoms with van der Waals surface area (Å²) in [5.41, 5.74) is 1.48. The van der Waals surface area contributed by atoms with Gasteiger partial charge in [0.05, 0.1) is 36.4 Å². The molecule has 9 heteroatoms. The zero-order valence-electron chi connectivity index (χ0n) is 19.4. The summed E-state index contributed by atoms with van der Waals surface area (Å²) < 4.78 is 9.93. The molecule has 2 N–H and O–H groups in total. The summed E-state index contributed by atoms with van der Waals surface area (Å²) in [4.78, 5) is 39.5. The van der Waals surface area contributed by atoms with E-state index in [1.165, 1.54) is 43.4 Å². The molecular formula is C27H22ClNO7. The van der Waals surface area contributed by atoms with Crippen LogP contribution in [0, 0.1) is 0 Å². The SMILES string of the molecule is COC(=O)c1ccc(CN2C(=O)C(=O)/C(=C(/O)c3cc(OC)ccc3Cl)C2c2ccc(O)cc2)cc1. The molecule has 0 radical (unpaired) electrons. The molecule has 0 aliphatic carbocycles. The van der Waals surface area contributed by atoms with Gasteiger partial charge in [-0.2, -0.15) is 0 Å². The number of methoxy groups -OCH3 is 2. The van der Waals surface area contributed by atoms with Crippen LogP contribution in [0.3, 0.4) is 0 Å². The second kappa shape index (κ2) is 10.1. The van der Waals surface area contributed by atoms with Crippen LogP contribution in [0.1, 0.15) is 33.1 Å². The van der Waals surface area contributed by atoms with E-state index in [1.807, 2.05) is 0 Å². The van der Waals surface area contributed by atoms with Gasteiger partial charge in [-0.05, 0) is 53.6 Å². The lowest BCUT2D eigenvalue weighted by Crippen LogP contribution is -2.29. The standard InChI is InChI=1S/C27H22ClNO7/c1-35-19-11-12-21(28)20(13-19)24(31)22-23(16-7-9-18(30)10-8-16)29(26(33)25(22)32)14-15-3-5-17(6-4-15)27(34)36-2/h3-13,23,30-31H,14H2,1-2H3/b24-22+. The molecule has 8 nitrogen and oxygen atoms in total. The number of hydrogen-bond acceptors (Lipinski definition) is 7. The van der Waals surface area contributed by atoms with Gasteiger partial charge in [0.1, 0.15) is 17.3 Å². The van der Waals surface area contributed by atoms with Crippen LogP contribution in [0.5, 0.6) is 11.5 Å². The highest BCUT2D eigenvalue weighted by Crippen LogP contribution is 2.42. The quantitative estimate of drug-likeness (QED) is 0.219. The number of carbonyl (C=O) groups is 3. The molecule has 0 bridgehead atoms. The highest BCUT2D eigenvalue weighted by atomic mass is 35.5. The summed E-state index contributed by atoms with van der Waals surface area (Å²) in [5, 5.41) is 21.2. The number of phenols is 1. The molecule has 1 heterocycles. The number of likely N-dealkylation sites (tertiary alicyclic amines) is 1. The fourth-order valence-corrected chi connectivity index (χ4v) is 4.27. The Hall–Kier alpha value is -4.30. The van der Waals surface area contributed by atoms with Gasteiger partial charge >= 0.3 is 5.97 Å². The molecule has 184 valence electrons. The van der Waals surface area contributed by atoms with Crippen LogP contribution in [0.25, 0.3) is 5.76 Å². The fourth-order valence-electron chi connectivity index (χ4n) is 4.06. The molecule has 0 spiro atoms. The van der Waals surface area contributed by atoms with Gasteiger partial charge in [0.2, 0.25) is 0 Å². The van der Waals surface area contributed by atoms with Crippen LogP contribution in [-0.2, 0) is 20.9 Å². The first-order chi connectivity index (χ1) is 17.2. The van der Waals surface area contributed by atoms with Crippen molar-refractivity contribution in [3.63, 3.8) is 0 Å². The van der Waals surface area contributed by atoms with Gasteiger partial charge in [0.15, 0.2) is 0 Å². The first kappa shape index (κ1) is 24.8. The van der Waals surface area contributed by atoms with E-state index in [9.17, 15) is 24.6 Å². The minimum Gasteiger partial charge on any atom is -0.508 e. The second-order valence-corrected chi connectivity index (χ2v) is 8.46. The zero-order valence-corrected chi connectivity index (χ0v) is 20.2. The Bertz CT molecular complexity index is 1360. The van der Waals surface area contributed by atoms with Gasteiger partial charge in [-0.15, -0.1) is 0 Å². The first-order valence-corrected chi connectivity index (χ1v) is 11.2. The Kier molecular flexibility index (Phi) is 6.98. The maximum absolute atomic E-state index is 13.2. The van der Waals surface area contributed by atoms with E-state index in [0.29, 0.717) is 22.4 Å². The third kappa shape index (κ3) is 4.63. The fraction of sp³-hybridized carbons (Fsp3) is 0.148. The first-order valence-electron chi connectivity index (χ1n) is 10.8. The molecule has 0 aromatic heterocycles. The van der Waals surface area contributed by atoms with Crippen LogP contribution in [0.15, 0.2) is 72.3 Å². The van der Waals surface area contributed by atoms with Crippen molar-refractivity contribution >= 4 is 35.0 Å². The van der Waals surface area contributed by atoms with Gasteiger partial charge in [-0.25, -0.2) is 4.79 Å². The number of nitrogens with zero attached hydrogens (tertiary/aromatic N) is 1. The topological polar surface area (TPSA) is 113 Å². The highest BCUT2D eigenvalue weighted by molar-refractivity contribution is 6.47. The molecule has 1 unspecified atom stereocenters. The van der Waals surface area contributed by atoms with Crippen LogP contribution in [0.2, 0.25) is 5.02 Å². The number of aliphatic hydroxyl groups is 1. The van der Waals surface area contributed by atoms with Crippen molar-refractivity contribution in [2.75, 3.05) is 14.2 Å². The predicted octanol–water partition coefficient (Wildman–Crippen LogP) is 4.46. The van der Waals surface area contributed by atoms with Crippen LogP contribution < -0.4 is 4.74 Å². The number of ketones is 1. The van der Waals surface area contributed by atoms with E-state index in [0.717, 1.165) is 0 Å². The van der Waals surface area contributed by atoms with E-state index in [1.54, 1.807) is 42.5 Å². The number of rotatable bonds is 6. The third-order valence-corrected chi connectivity index (χ3v) is 6.23. The Labute approximate surface area is 211 Å². The Morgan fingerprint density at radius 1 is 1.00 bits per heavy atom. The van der Waals surface area contributed by atoms with Crippen molar-refractivity contribution in [3.8, 4) is 11.5 Å². The number of hydrogen-bond donors (Lipinski definition) is 2. The van der Waals surface area contributed by atoms with Crippen molar-refractivity contribution < 1.29 is 34.1 Å². The molecule has 1 atom stereocenters. The summed E-state index contributed by atoms with van der Waals surface area (Å²) in [6, 6.07) is 16.1. The number of esters is 1. The van der Waals surface area contributed by atoms with E-state index in [4.69, 9.17) is 21.1 Å². The lowest BCUT2D eigenvalue weighted by atomic mass is 9.95. The molecule has 36 heavy (non-hydrogen) atoms. The van der Waals surface area contributed by atoms with Crippen LogP contribution >= 0.6 is 11.6 Å². The van der Waals surface area contributed by atoms with E-state index >= 15 is 0 Å². The van der Waals surface area contributed by atoms with Crippen LogP contribution in [0.4, 0.5) is 0 Å². The van der Waals surface area contributed by atoms with Crippen molar-refractivity contribution in [1.82, 2.24) is 4.90 Å². The zero-order chi connectivity index (χ0) is 26.0. The number of carbonyl (C=O) groups excluding carboxylic acids is 3. The molecule has 1 fully saturated rings. The maximum Gasteiger partial charge on any atom is 0.337 e. The summed E-state index contributed by atoms with van der Waals surface area (Å²) in [6.07, 6.45) is 0. The van der Waals surface area contributed by atoms with Gasteiger partial charge in [0.25, 0.3) is 11.7 Å². The van der Waals surface area contributed by atoms with Crippen molar-refractivity contribution in [2.45, 2.75) is 12.6 Å². The smallest absolute Gasteiger partial charge is 0.337 e. The van der Waals surface area contributed by atoms with Gasteiger partial charge in [-0.3, -0.25) is 9.59 Å². The maximum atomic E-state index is 13.2. The number of amides is 1. The van der Waals surface area contributed by atoms with E-state index in [2.05, 4.69) is 0 Å². The molecule has 1 saturated heterocycles. The highest BCUT2D eigenvalue weighted by Gasteiger charge is 2.46. The van der Waals surface area contributed by atoms with Crippen molar-refractivity contribution in [2.24, 2.45) is 0 Å². The Morgan fingerprint density at radius 3 is 2.28 bits per heavy atom. The monoisotopic (exact) mass is 507 g/mol. The lowest BCUT2D eigenvalue weighted by molar-refractivity contribution is -0.140. The van der Waals surface area contributed by atoms with Crippen LogP contribution in [-0.4, -0.2) is 47.0 Å². The second-order valence-electron chi connectivity index (χ2n) is 8.05. The number of aliphatic hydroxyl groups excluding tert-OH is 1. The minimum atomic E-state index is -0.965. The summed E-state index contributed by atoms with van der Waals surface area (Å²) in [7, 11) is 2.73. The van der Waals surface area contributed by atoms with Gasteiger partial charge < -0.3 is 24.6 Å². The number of benzene rings is 3. The number of Topliss-reactive ketones (excluding diaryl/α,β-unsaturated/α-hetero) is 1. The van der Waals surface area contributed by atoms with Gasteiger partial charge in [0, 0.05) is 12.1 Å². The molecule has 3 aromatic carbocycles. The Balaban J connectivity index is 1.83.